The van der Waals surface area contributed by atoms with Crippen LogP contribution in [0.15, 0.2) is 63.8 Å². The molecule has 1 saturated heterocycles. The van der Waals surface area contributed by atoms with E-state index in [0.717, 1.165) is 11.1 Å². The second-order valence-corrected chi connectivity index (χ2v) is 9.01. The van der Waals surface area contributed by atoms with E-state index < -0.39 is 5.41 Å². The van der Waals surface area contributed by atoms with Crippen molar-refractivity contribution in [2.24, 2.45) is 5.41 Å². The molecule has 1 aliphatic rings. The quantitative estimate of drug-likeness (QED) is 0.462. The number of rotatable bonds is 4. The summed E-state index contributed by atoms with van der Waals surface area (Å²) in [4.78, 5) is 25.5. The van der Waals surface area contributed by atoms with Gasteiger partial charge in [0.2, 0.25) is 6.73 Å². The van der Waals surface area contributed by atoms with Gasteiger partial charge in [0.05, 0.1) is 30.1 Å². The number of hydrogen-bond acceptors (Lipinski definition) is 5. The van der Waals surface area contributed by atoms with Crippen LogP contribution in [-0.4, -0.2) is 39.0 Å². The van der Waals surface area contributed by atoms with Crippen LogP contribution >= 0.6 is 0 Å². The molecule has 0 saturated carbocycles. The van der Waals surface area contributed by atoms with Crippen molar-refractivity contribution in [2.75, 3.05) is 33.0 Å². The van der Waals surface area contributed by atoms with Crippen molar-refractivity contribution in [2.45, 2.75) is 20.8 Å². The van der Waals surface area contributed by atoms with Gasteiger partial charge in [0.1, 0.15) is 13.1 Å². The topological polar surface area (TPSA) is 65.7 Å². The smallest absolute Gasteiger partial charge is 0.315 e. The maximum absolute atomic E-state index is 13.1. The van der Waals surface area contributed by atoms with E-state index in [0.29, 0.717) is 43.2 Å². The van der Waals surface area contributed by atoms with E-state index in [4.69, 9.17) is 13.9 Å². The Morgan fingerprint density at radius 3 is 2.42 bits per heavy atom. The maximum atomic E-state index is 13.1. The number of carbonyl (C=O) groups excluding carboxylic acids is 1. The van der Waals surface area contributed by atoms with Crippen molar-refractivity contribution < 1.29 is 18.7 Å². The Balaban J connectivity index is 1.82. The number of carbonyl (C=O) groups is 1. The summed E-state index contributed by atoms with van der Waals surface area (Å²) in [6.07, 6.45) is 0. The Morgan fingerprint density at radius 2 is 1.74 bits per heavy atom. The third-order valence-corrected chi connectivity index (χ3v) is 5.68. The van der Waals surface area contributed by atoms with Gasteiger partial charge in [-0.3, -0.25) is 9.59 Å². The number of ether oxygens (including phenoxy) is 2. The van der Waals surface area contributed by atoms with Crippen molar-refractivity contribution >= 4 is 22.8 Å². The van der Waals surface area contributed by atoms with Crippen LogP contribution < -0.4 is 9.91 Å². The molecule has 1 fully saturated rings. The van der Waals surface area contributed by atoms with Crippen LogP contribution in [0.1, 0.15) is 20.8 Å². The molecule has 0 amide bonds. The first-order valence-electron chi connectivity index (χ1n) is 10.5. The molecule has 4 rings (SSSR count). The molecule has 0 atom stereocenters. The summed E-state index contributed by atoms with van der Waals surface area (Å²) in [5.74, 6) is 0.204. The zero-order valence-corrected chi connectivity index (χ0v) is 18.2. The molecule has 0 spiro atoms. The third-order valence-electron chi connectivity index (χ3n) is 5.68. The molecule has 0 radical (unpaired) electrons. The minimum atomic E-state index is -0.610. The summed E-state index contributed by atoms with van der Waals surface area (Å²) in [5, 5.41) is 0.531. The molecule has 0 unspecified atom stereocenters. The van der Waals surface area contributed by atoms with Gasteiger partial charge in [0, 0.05) is 5.56 Å². The van der Waals surface area contributed by atoms with E-state index in [-0.39, 0.29) is 22.6 Å². The van der Waals surface area contributed by atoms with E-state index in [2.05, 4.69) is 0 Å². The summed E-state index contributed by atoms with van der Waals surface area (Å²) in [6, 6.07) is 17.0. The second-order valence-electron chi connectivity index (χ2n) is 9.01. The fraction of sp³-hybridized carbons (Fsp3) is 0.360. The average molecular weight is 423 g/mol. The van der Waals surface area contributed by atoms with Gasteiger partial charge in [-0.05, 0) is 32.4 Å². The number of para-hydroxylation sites is 1. The molecule has 2 aromatic carbocycles. The maximum Gasteiger partial charge on any atom is 0.315 e. The molecule has 6 nitrogen and oxygen atoms in total. The molecule has 31 heavy (non-hydrogen) atoms. The first kappa shape index (κ1) is 21.3. The predicted molar refractivity (Wildman–Crippen MR) is 121 cm³/mol. The zero-order valence-electron chi connectivity index (χ0n) is 18.2. The third kappa shape index (κ3) is 4.27. The Hall–Kier alpha value is -2.96. The van der Waals surface area contributed by atoms with Crippen LogP contribution in [0.2, 0.25) is 0 Å². The molecule has 162 valence electrons. The average Bonchev–Trinajstić information content (AvgIpc) is 2.77. The van der Waals surface area contributed by atoms with Gasteiger partial charge in [-0.25, -0.2) is 4.48 Å². The van der Waals surface area contributed by atoms with Crippen molar-refractivity contribution in [1.82, 2.24) is 4.48 Å². The fourth-order valence-electron chi connectivity index (χ4n) is 3.75. The SMILES string of the molecule is CC(C)(C)C(=O)OC[N+]1(c2cc(=O)c3cccc(-c4ccccc4)c3o2)CCOCC1. The van der Waals surface area contributed by atoms with Gasteiger partial charge in [0.25, 0.3) is 0 Å². The highest BCUT2D eigenvalue weighted by Gasteiger charge is 2.39. The first-order valence-corrected chi connectivity index (χ1v) is 10.5. The van der Waals surface area contributed by atoms with Crippen LogP contribution in [0.4, 0.5) is 5.88 Å². The molecular weight excluding hydrogens is 394 g/mol. The van der Waals surface area contributed by atoms with Crippen LogP contribution in [0.25, 0.3) is 22.1 Å². The highest BCUT2D eigenvalue weighted by molar-refractivity contribution is 5.92. The van der Waals surface area contributed by atoms with Crippen LogP contribution in [0.5, 0.6) is 0 Å². The van der Waals surface area contributed by atoms with Crippen molar-refractivity contribution in [3.63, 3.8) is 0 Å². The molecule has 0 aliphatic carbocycles. The minimum absolute atomic E-state index is 0.0986. The molecular formula is C25H28NO5+. The molecule has 6 heteroatoms. The first-order chi connectivity index (χ1) is 14.8. The molecule has 0 bridgehead atoms. The summed E-state index contributed by atoms with van der Waals surface area (Å²) in [5.41, 5.74) is 1.65. The highest BCUT2D eigenvalue weighted by atomic mass is 16.6. The lowest BCUT2D eigenvalue weighted by atomic mass is 9.97. The predicted octanol–water partition coefficient (Wildman–Crippen LogP) is 4.34. The van der Waals surface area contributed by atoms with Crippen LogP contribution in [0, 0.1) is 5.41 Å². The Bertz CT molecular complexity index is 1140. The lowest BCUT2D eigenvalue weighted by molar-refractivity contribution is -0.159. The number of nitrogens with zero attached hydrogens (tertiary/aromatic N) is 1. The van der Waals surface area contributed by atoms with E-state index in [1.54, 1.807) is 6.07 Å². The van der Waals surface area contributed by atoms with E-state index in [1.807, 2.05) is 63.2 Å². The van der Waals surface area contributed by atoms with E-state index in [9.17, 15) is 9.59 Å². The monoisotopic (exact) mass is 422 g/mol. The molecule has 1 aromatic heterocycles. The van der Waals surface area contributed by atoms with Gasteiger partial charge >= 0.3 is 11.9 Å². The summed E-state index contributed by atoms with van der Waals surface area (Å²) in [6.45, 7) is 7.66. The largest absolute Gasteiger partial charge is 0.414 e. The van der Waals surface area contributed by atoms with Gasteiger partial charge in [-0.2, -0.15) is 0 Å². The van der Waals surface area contributed by atoms with Crippen LogP contribution in [0.3, 0.4) is 0 Å². The highest BCUT2D eigenvalue weighted by Crippen LogP contribution is 2.33. The summed E-state index contributed by atoms with van der Waals surface area (Å²) < 4.78 is 17.9. The molecule has 1 aliphatic heterocycles. The summed E-state index contributed by atoms with van der Waals surface area (Å²) >= 11 is 0. The molecule has 2 heterocycles. The van der Waals surface area contributed by atoms with Gasteiger partial charge < -0.3 is 13.9 Å². The van der Waals surface area contributed by atoms with Gasteiger partial charge in [-0.15, -0.1) is 0 Å². The van der Waals surface area contributed by atoms with Crippen LogP contribution in [-0.2, 0) is 14.3 Å². The lowest BCUT2D eigenvalue weighted by Gasteiger charge is -2.38. The van der Waals surface area contributed by atoms with Crippen molar-refractivity contribution in [3.05, 3.63) is 64.8 Å². The number of fused-ring (bicyclic) bond motifs is 1. The Kier molecular flexibility index (Phi) is 5.69. The second kappa shape index (κ2) is 8.29. The van der Waals surface area contributed by atoms with E-state index in [1.165, 1.54) is 6.07 Å². The normalized spacial score (nSPS) is 16.2. The zero-order chi connectivity index (χ0) is 22.1. The Labute approximate surface area is 181 Å². The number of esters is 1. The van der Waals surface area contributed by atoms with E-state index >= 15 is 0 Å². The van der Waals surface area contributed by atoms with Crippen molar-refractivity contribution in [3.8, 4) is 11.1 Å². The lowest BCUT2D eigenvalue weighted by Crippen LogP contribution is -2.58. The minimum Gasteiger partial charge on any atom is -0.414 e. The van der Waals surface area contributed by atoms with Gasteiger partial charge in [-0.1, -0.05) is 42.5 Å². The fourth-order valence-corrected chi connectivity index (χ4v) is 3.75. The van der Waals surface area contributed by atoms with Gasteiger partial charge in [0.15, 0.2) is 11.0 Å². The standard InChI is InChI=1S/C25H28NO5/c1-25(2,3)24(28)30-17-26(12-14-29-15-13-26)22-16-21(27)20-11-7-10-19(23(20)31-22)18-8-5-4-6-9-18/h4-11,16H,12-15,17H2,1-3H3/q+1. The number of benzene rings is 2. The number of morpholine rings is 1. The summed E-state index contributed by atoms with van der Waals surface area (Å²) in [7, 11) is 0. The number of hydrogen-bond donors (Lipinski definition) is 0. The molecule has 3 aromatic rings. The molecule has 0 N–H and O–H groups in total. The number of quaternary nitrogens is 1. The van der Waals surface area contributed by atoms with Crippen molar-refractivity contribution in [1.29, 1.82) is 0 Å². The Morgan fingerprint density at radius 1 is 1.03 bits per heavy atom.